The summed E-state index contributed by atoms with van der Waals surface area (Å²) >= 11 is 0. The van der Waals surface area contributed by atoms with Crippen molar-refractivity contribution >= 4 is 37.1 Å². The Labute approximate surface area is 251 Å². The normalized spacial score (nSPS) is 20.1. The molecule has 0 saturated heterocycles. The van der Waals surface area contributed by atoms with Crippen LogP contribution < -0.4 is 21.2 Å². The number of ether oxygens (including phenoxy) is 2. The van der Waals surface area contributed by atoms with E-state index < -0.39 is 15.8 Å². The molecule has 0 fully saturated rings. The molecule has 2 aliphatic carbocycles. The average molecular weight is 585 g/mol. The molecule has 42 heavy (non-hydrogen) atoms. The van der Waals surface area contributed by atoms with Crippen LogP contribution in [-0.4, -0.2) is 25.0 Å². The Hall–Kier alpha value is -3.54. The number of rotatable bonds is 6. The third kappa shape index (κ3) is 5.48. The summed E-state index contributed by atoms with van der Waals surface area (Å²) in [5, 5.41) is 6.88. The lowest BCUT2D eigenvalue weighted by atomic mass is 9.87. The van der Waals surface area contributed by atoms with E-state index in [0.717, 1.165) is 18.6 Å². The molecule has 0 N–H and O–H groups in total. The van der Waals surface area contributed by atoms with E-state index in [1.165, 1.54) is 37.7 Å². The van der Waals surface area contributed by atoms with Crippen LogP contribution in [-0.2, 0) is 9.47 Å². The highest BCUT2D eigenvalue weighted by Crippen LogP contribution is 2.55. The number of fused-ring (bicyclic) bond motifs is 2. The first-order valence-corrected chi connectivity index (χ1v) is 17.5. The lowest BCUT2D eigenvalue weighted by Gasteiger charge is -2.40. The molecule has 4 aromatic rings. The summed E-state index contributed by atoms with van der Waals surface area (Å²) in [7, 11) is -1.51. The summed E-state index contributed by atoms with van der Waals surface area (Å²) in [6, 6.07) is 44.3. The van der Waals surface area contributed by atoms with E-state index in [1.54, 1.807) is 0 Å². The molecule has 1 heterocycles. The Kier molecular flexibility index (Phi) is 8.30. The summed E-state index contributed by atoms with van der Waals surface area (Å²) in [6.07, 6.45) is 11.2. The van der Waals surface area contributed by atoms with Crippen molar-refractivity contribution in [3.05, 3.63) is 168 Å². The second-order valence-corrected chi connectivity index (χ2v) is 15.2. The molecule has 2 atom stereocenters. The zero-order chi connectivity index (χ0) is 28.1. The number of hydrogen-bond donors (Lipinski definition) is 0. The van der Waals surface area contributed by atoms with Crippen molar-refractivity contribution in [2.75, 3.05) is 13.2 Å². The first-order valence-electron chi connectivity index (χ1n) is 14.7. The lowest BCUT2D eigenvalue weighted by molar-refractivity contribution is 0.0335. The molecule has 3 aliphatic rings. The highest BCUT2D eigenvalue weighted by molar-refractivity contribution is 7.77. The molecule has 4 aromatic carbocycles. The van der Waals surface area contributed by atoms with E-state index in [0.29, 0.717) is 13.2 Å². The zero-order valence-corrected chi connectivity index (χ0v) is 25.3. The molecular formula is C38H34O2P2. The van der Waals surface area contributed by atoms with Crippen LogP contribution >= 0.6 is 15.8 Å². The van der Waals surface area contributed by atoms with Crippen LogP contribution in [0.1, 0.15) is 12.8 Å². The Morgan fingerprint density at radius 2 is 1.05 bits per heavy atom. The Morgan fingerprint density at radius 1 is 0.524 bits per heavy atom. The lowest BCUT2D eigenvalue weighted by Crippen LogP contribution is -2.33. The van der Waals surface area contributed by atoms with Gasteiger partial charge in [0.1, 0.15) is 12.4 Å². The van der Waals surface area contributed by atoms with Crippen LogP contribution in [0.15, 0.2) is 168 Å². The molecule has 0 spiro atoms. The minimum absolute atomic E-state index is 0.00808. The standard InChI is InChI=1S/C38H34O2P2/c1-5-15-29(16-6-1)41(30-17-7-2-8-18-30)35-25-13-23-33-37(35)38-34(40-28-27-39-33)24-14-26-36(38)42(31-19-9-3-10-20-31)32-21-11-4-12-22-32/h1-23,26,34-35H,24-25,27-28H2/t34?,35-/m0/s1. The molecule has 0 saturated carbocycles. The van der Waals surface area contributed by atoms with Crippen molar-refractivity contribution in [3.8, 4) is 0 Å². The van der Waals surface area contributed by atoms with Gasteiger partial charge in [-0.15, -0.1) is 0 Å². The molecule has 1 aliphatic heterocycles. The van der Waals surface area contributed by atoms with Gasteiger partial charge >= 0.3 is 0 Å². The molecule has 0 radical (unpaired) electrons. The molecular weight excluding hydrogens is 550 g/mol. The van der Waals surface area contributed by atoms with Gasteiger partial charge in [0, 0.05) is 11.2 Å². The second-order valence-electron chi connectivity index (χ2n) is 10.6. The van der Waals surface area contributed by atoms with E-state index in [9.17, 15) is 0 Å². The quantitative estimate of drug-likeness (QED) is 0.219. The first kappa shape index (κ1) is 27.3. The number of allylic oxidation sites excluding steroid dienone is 4. The van der Waals surface area contributed by atoms with Crippen molar-refractivity contribution in [3.63, 3.8) is 0 Å². The van der Waals surface area contributed by atoms with Gasteiger partial charge in [-0.05, 0) is 66.9 Å². The third-order valence-electron chi connectivity index (χ3n) is 8.05. The molecule has 0 amide bonds. The van der Waals surface area contributed by atoms with E-state index in [2.05, 4.69) is 146 Å². The smallest absolute Gasteiger partial charge is 0.123 e. The highest BCUT2D eigenvalue weighted by Gasteiger charge is 2.39. The minimum Gasteiger partial charge on any atom is -0.491 e. The number of benzene rings is 4. The SMILES string of the molecule is C1=CC(P(c2ccccc2)c2ccccc2)=C2C3=C(C=CC[C@@H]3P(c3ccccc3)c3ccccc3)OCCOC2C1. The third-order valence-corrected chi connectivity index (χ3v) is 13.4. The fourth-order valence-corrected chi connectivity index (χ4v) is 11.7. The largest absolute Gasteiger partial charge is 0.491 e. The average Bonchev–Trinajstić information content (AvgIpc) is 3.05. The van der Waals surface area contributed by atoms with Crippen LogP contribution in [0.2, 0.25) is 0 Å². The van der Waals surface area contributed by atoms with Gasteiger partial charge in [0.2, 0.25) is 0 Å². The zero-order valence-electron chi connectivity index (χ0n) is 23.6. The van der Waals surface area contributed by atoms with Gasteiger partial charge in [0.15, 0.2) is 0 Å². The van der Waals surface area contributed by atoms with Gasteiger partial charge in [-0.3, -0.25) is 0 Å². The molecule has 4 heteroatoms. The number of hydrogen-bond acceptors (Lipinski definition) is 2. The summed E-state index contributed by atoms with van der Waals surface area (Å²) in [5.74, 6) is 1.03. The van der Waals surface area contributed by atoms with Crippen molar-refractivity contribution in [2.24, 2.45) is 0 Å². The molecule has 0 aromatic heterocycles. The van der Waals surface area contributed by atoms with Crippen LogP contribution in [0.3, 0.4) is 0 Å². The van der Waals surface area contributed by atoms with Gasteiger partial charge in [-0.25, -0.2) is 0 Å². The Bertz CT molecular complexity index is 1550. The first-order chi connectivity index (χ1) is 20.9. The highest BCUT2D eigenvalue weighted by atomic mass is 31.1. The van der Waals surface area contributed by atoms with Gasteiger partial charge in [0.05, 0.1) is 12.7 Å². The minimum atomic E-state index is -0.806. The molecule has 208 valence electrons. The molecule has 2 nitrogen and oxygen atoms in total. The summed E-state index contributed by atoms with van der Waals surface area (Å²) in [6.45, 7) is 1.16. The van der Waals surface area contributed by atoms with E-state index in [-0.39, 0.29) is 11.8 Å². The topological polar surface area (TPSA) is 18.5 Å². The summed E-state index contributed by atoms with van der Waals surface area (Å²) in [5.41, 5.74) is 2.97. The fourth-order valence-electron chi connectivity index (χ4n) is 6.29. The summed E-state index contributed by atoms with van der Waals surface area (Å²) in [4.78, 5) is 0. The van der Waals surface area contributed by atoms with Crippen LogP contribution in [0, 0.1) is 0 Å². The predicted molar refractivity (Wildman–Crippen MR) is 179 cm³/mol. The maximum atomic E-state index is 6.65. The fraction of sp³-hybridized carbons (Fsp3) is 0.158. The maximum Gasteiger partial charge on any atom is 0.123 e. The molecule has 1 unspecified atom stereocenters. The Morgan fingerprint density at radius 3 is 1.62 bits per heavy atom. The Balaban J connectivity index is 1.48. The van der Waals surface area contributed by atoms with Crippen LogP contribution in [0.4, 0.5) is 0 Å². The summed E-state index contributed by atoms with van der Waals surface area (Å²) < 4.78 is 13.2. The van der Waals surface area contributed by atoms with Gasteiger partial charge in [-0.2, -0.15) is 0 Å². The van der Waals surface area contributed by atoms with Crippen LogP contribution in [0.25, 0.3) is 0 Å². The van der Waals surface area contributed by atoms with Gasteiger partial charge < -0.3 is 9.47 Å². The maximum absolute atomic E-state index is 6.65. The van der Waals surface area contributed by atoms with Crippen LogP contribution in [0.5, 0.6) is 0 Å². The van der Waals surface area contributed by atoms with Crippen molar-refractivity contribution in [1.82, 2.24) is 0 Å². The van der Waals surface area contributed by atoms with Crippen molar-refractivity contribution in [1.29, 1.82) is 0 Å². The van der Waals surface area contributed by atoms with Gasteiger partial charge in [0.25, 0.3) is 0 Å². The van der Waals surface area contributed by atoms with E-state index in [4.69, 9.17) is 9.47 Å². The molecule has 0 bridgehead atoms. The van der Waals surface area contributed by atoms with E-state index in [1.807, 2.05) is 0 Å². The second kappa shape index (κ2) is 12.8. The van der Waals surface area contributed by atoms with Crippen molar-refractivity contribution < 1.29 is 9.47 Å². The van der Waals surface area contributed by atoms with Crippen molar-refractivity contribution in [2.45, 2.75) is 24.6 Å². The van der Waals surface area contributed by atoms with Gasteiger partial charge in [-0.1, -0.05) is 140 Å². The predicted octanol–water partition coefficient (Wildman–Crippen LogP) is 7.46. The monoisotopic (exact) mass is 584 g/mol. The molecule has 7 rings (SSSR count). The van der Waals surface area contributed by atoms with E-state index >= 15 is 0 Å².